The van der Waals surface area contributed by atoms with Gasteiger partial charge in [-0.15, -0.1) is 23.1 Å². The van der Waals surface area contributed by atoms with Gasteiger partial charge in [-0.05, 0) is 53.8 Å². The molecule has 0 amide bonds. The summed E-state index contributed by atoms with van der Waals surface area (Å²) in [5.41, 5.74) is 3.85. The molecule has 1 aromatic carbocycles. The highest BCUT2D eigenvalue weighted by atomic mass is 32.2. The Labute approximate surface area is 174 Å². The summed E-state index contributed by atoms with van der Waals surface area (Å²) in [6.45, 7) is 4.00. The Balaban J connectivity index is 1.52. The SMILES string of the molecule is CSc1ccc(-c2ccc(=O)n3c2[C@@H]2C[C@@H](CN(Cc4cccs4)C2)C3)cc1. The van der Waals surface area contributed by atoms with E-state index in [0.717, 1.165) is 26.2 Å². The Morgan fingerprint density at radius 1 is 1.07 bits per heavy atom. The van der Waals surface area contributed by atoms with Gasteiger partial charge < -0.3 is 4.57 Å². The van der Waals surface area contributed by atoms with Crippen molar-refractivity contribution in [1.29, 1.82) is 0 Å². The fraction of sp³-hybridized carbons (Fsp3) is 0.348. The highest BCUT2D eigenvalue weighted by molar-refractivity contribution is 7.98. The molecule has 0 unspecified atom stereocenters. The third-order valence-corrected chi connectivity index (χ3v) is 7.63. The predicted octanol–water partition coefficient (Wildman–Crippen LogP) is 4.92. The minimum Gasteiger partial charge on any atom is -0.311 e. The van der Waals surface area contributed by atoms with Gasteiger partial charge in [-0.2, -0.15) is 0 Å². The maximum Gasteiger partial charge on any atom is 0.250 e. The number of likely N-dealkylation sites (tertiary alicyclic amines) is 1. The number of nitrogens with zero attached hydrogens (tertiary/aromatic N) is 2. The van der Waals surface area contributed by atoms with Gasteiger partial charge in [-0.25, -0.2) is 0 Å². The monoisotopic (exact) mass is 408 g/mol. The van der Waals surface area contributed by atoms with Crippen molar-refractivity contribution >= 4 is 23.1 Å². The summed E-state index contributed by atoms with van der Waals surface area (Å²) >= 11 is 3.60. The topological polar surface area (TPSA) is 25.2 Å². The van der Waals surface area contributed by atoms with Crippen LogP contribution in [-0.4, -0.2) is 28.8 Å². The fourth-order valence-electron chi connectivity index (χ4n) is 4.88. The summed E-state index contributed by atoms with van der Waals surface area (Å²) < 4.78 is 2.07. The molecule has 28 heavy (non-hydrogen) atoms. The van der Waals surface area contributed by atoms with E-state index in [0.29, 0.717) is 11.8 Å². The van der Waals surface area contributed by atoms with Gasteiger partial charge in [-0.1, -0.05) is 18.2 Å². The molecule has 2 aliphatic rings. The van der Waals surface area contributed by atoms with E-state index in [4.69, 9.17) is 0 Å². The first-order chi connectivity index (χ1) is 13.7. The number of benzene rings is 1. The van der Waals surface area contributed by atoms with Crippen molar-refractivity contribution in [3.8, 4) is 11.1 Å². The van der Waals surface area contributed by atoms with E-state index in [1.807, 2.05) is 17.4 Å². The average molecular weight is 409 g/mol. The first kappa shape index (κ1) is 18.2. The second-order valence-electron chi connectivity index (χ2n) is 7.88. The van der Waals surface area contributed by atoms with Crippen LogP contribution in [0.3, 0.4) is 0 Å². The predicted molar refractivity (Wildman–Crippen MR) is 118 cm³/mol. The Kier molecular flexibility index (Phi) is 4.91. The molecule has 0 radical (unpaired) electrons. The zero-order valence-electron chi connectivity index (χ0n) is 16.0. The summed E-state index contributed by atoms with van der Waals surface area (Å²) in [7, 11) is 0. The van der Waals surface area contributed by atoms with Gasteiger partial charge in [0, 0.05) is 59.2 Å². The number of pyridine rings is 1. The van der Waals surface area contributed by atoms with Crippen LogP contribution in [-0.2, 0) is 13.1 Å². The van der Waals surface area contributed by atoms with Gasteiger partial charge >= 0.3 is 0 Å². The summed E-state index contributed by atoms with van der Waals surface area (Å²) in [6, 6.07) is 16.9. The van der Waals surface area contributed by atoms with E-state index < -0.39 is 0 Å². The zero-order valence-corrected chi connectivity index (χ0v) is 17.6. The molecule has 3 aromatic rings. The second-order valence-corrected chi connectivity index (χ2v) is 9.79. The molecular weight excluding hydrogens is 384 g/mol. The lowest BCUT2D eigenvalue weighted by molar-refractivity contribution is 0.115. The maximum absolute atomic E-state index is 12.7. The number of piperidine rings is 1. The average Bonchev–Trinajstić information content (AvgIpc) is 3.22. The van der Waals surface area contributed by atoms with E-state index in [1.165, 1.54) is 33.0 Å². The molecule has 0 spiro atoms. The standard InChI is InChI=1S/C23H24N2OS2/c1-27-19-6-4-17(5-7-19)21-8-9-22(26)25-13-16-11-18(23(21)25)14-24(12-16)15-20-3-2-10-28-20/h2-10,16,18H,11-15H2,1H3/t16-,18+/m0/s1. The molecule has 1 saturated heterocycles. The Morgan fingerprint density at radius 2 is 1.93 bits per heavy atom. The molecule has 2 bridgehead atoms. The van der Waals surface area contributed by atoms with Gasteiger partial charge in [0.2, 0.25) is 0 Å². The lowest BCUT2D eigenvalue weighted by Crippen LogP contribution is -2.46. The van der Waals surface area contributed by atoms with E-state index >= 15 is 0 Å². The third-order valence-electron chi connectivity index (χ3n) is 6.03. The minimum absolute atomic E-state index is 0.154. The van der Waals surface area contributed by atoms with Crippen LogP contribution in [0.15, 0.2) is 63.6 Å². The first-order valence-corrected chi connectivity index (χ1v) is 11.9. The summed E-state index contributed by atoms with van der Waals surface area (Å²) in [4.78, 5) is 18.0. The zero-order chi connectivity index (χ0) is 19.1. The van der Waals surface area contributed by atoms with Crippen LogP contribution in [0.1, 0.15) is 22.9 Å². The van der Waals surface area contributed by atoms with Crippen molar-refractivity contribution in [3.63, 3.8) is 0 Å². The van der Waals surface area contributed by atoms with Gasteiger partial charge in [0.25, 0.3) is 5.56 Å². The number of hydrogen-bond donors (Lipinski definition) is 0. The molecule has 0 aliphatic carbocycles. The highest BCUT2D eigenvalue weighted by Gasteiger charge is 2.36. The largest absolute Gasteiger partial charge is 0.311 e. The lowest BCUT2D eigenvalue weighted by Gasteiger charge is -2.43. The van der Waals surface area contributed by atoms with E-state index in [9.17, 15) is 4.79 Å². The molecule has 2 aromatic heterocycles. The quantitative estimate of drug-likeness (QED) is 0.573. The van der Waals surface area contributed by atoms with Crippen LogP contribution in [0.4, 0.5) is 0 Å². The van der Waals surface area contributed by atoms with Gasteiger partial charge in [0.05, 0.1) is 0 Å². The Hall–Kier alpha value is -1.82. The number of thiophene rings is 1. The van der Waals surface area contributed by atoms with E-state index in [-0.39, 0.29) is 5.56 Å². The normalized spacial score (nSPS) is 21.5. The molecule has 4 heterocycles. The van der Waals surface area contributed by atoms with Crippen molar-refractivity contribution in [2.75, 3.05) is 19.3 Å². The second kappa shape index (κ2) is 7.54. The van der Waals surface area contributed by atoms with E-state index in [2.05, 4.69) is 57.5 Å². The molecule has 1 fully saturated rings. The third kappa shape index (κ3) is 3.36. The van der Waals surface area contributed by atoms with E-state index in [1.54, 1.807) is 17.8 Å². The van der Waals surface area contributed by atoms with Crippen LogP contribution in [0.25, 0.3) is 11.1 Å². The van der Waals surface area contributed by atoms with Crippen molar-refractivity contribution in [1.82, 2.24) is 9.47 Å². The molecule has 5 heteroatoms. The van der Waals surface area contributed by atoms with Crippen LogP contribution < -0.4 is 5.56 Å². The molecule has 144 valence electrons. The Morgan fingerprint density at radius 3 is 2.68 bits per heavy atom. The van der Waals surface area contributed by atoms with Crippen LogP contribution in [0.2, 0.25) is 0 Å². The van der Waals surface area contributed by atoms with Crippen molar-refractivity contribution in [2.45, 2.75) is 30.3 Å². The molecule has 0 saturated carbocycles. The molecular formula is C23H24N2OS2. The molecule has 2 aliphatic heterocycles. The van der Waals surface area contributed by atoms with Crippen LogP contribution in [0, 0.1) is 5.92 Å². The van der Waals surface area contributed by atoms with Crippen molar-refractivity contribution in [3.05, 3.63) is 74.8 Å². The summed E-state index contributed by atoms with van der Waals surface area (Å²) in [5.74, 6) is 0.995. The lowest BCUT2D eigenvalue weighted by atomic mass is 9.80. The fourth-order valence-corrected chi connectivity index (χ4v) is 6.04. The number of fused-ring (bicyclic) bond motifs is 4. The Bertz CT molecular complexity index is 1020. The van der Waals surface area contributed by atoms with Gasteiger partial charge in [0.1, 0.15) is 0 Å². The van der Waals surface area contributed by atoms with Gasteiger partial charge in [-0.3, -0.25) is 9.69 Å². The summed E-state index contributed by atoms with van der Waals surface area (Å²) in [6.07, 6.45) is 3.30. The number of aromatic nitrogens is 1. The van der Waals surface area contributed by atoms with Crippen LogP contribution >= 0.6 is 23.1 Å². The highest BCUT2D eigenvalue weighted by Crippen LogP contribution is 2.40. The number of rotatable bonds is 4. The minimum atomic E-state index is 0.154. The van der Waals surface area contributed by atoms with Crippen LogP contribution in [0.5, 0.6) is 0 Å². The molecule has 5 rings (SSSR count). The van der Waals surface area contributed by atoms with Crippen molar-refractivity contribution < 1.29 is 0 Å². The number of hydrogen-bond acceptors (Lipinski definition) is 4. The van der Waals surface area contributed by atoms with Crippen molar-refractivity contribution in [2.24, 2.45) is 5.92 Å². The maximum atomic E-state index is 12.7. The smallest absolute Gasteiger partial charge is 0.250 e. The molecule has 2 atom stereocenters. The first-order valence-electron chi connectivity index (χ1n) is 9.84. The molecule has 0 N–H and O–H groups in total. The molecule has 3 nitrogen and oxygen atoms in total. The van der Waals surface area contributed by atoms with Gasteiger partial charge in [0.15, 0.2) is 0 Å². The number of thioether (sulfide) groups is 1. The summed E-state index contributed by atoms with van der Waals surface area (Å²) in [5, 5.41) is 2.16.